The van der Waals surface area contributed by atoms with Crippen LogP contribution in [0.15, 0.2) is 52.4 Å². The molecule has 2 aromatic heterocycles. The second kappa shape index (κ2) is 9.37. The highest BCUT2D eigenvalue weighted by atomic mass is 35.5. The molecule has 4 aromatic rings. The Morgan fingerprint density at radius 2 is 1.90 bits per heavy atom. The topological polar surface area (TPSA) is 34.9 Å². The van der Waals surface area contributed by atoms with Crippen molar-refractivity contribution in [3.05, 3.63) is 84.4 Å². The minimum atomic E-state index is -0.0108. The Labute approximate surface area is 200 Å². The predicted molar refractivity (Wildman–Crippen MR) is 135 cm³/mol. The quantitative estimate of drug-likeness (QED) is 0.206. The molecule has 0 fully saturated rings. The van der Waals surface area contributed by atoms with Gasteiger partial charge in [-0.2, -0.15) is 0 Å². The van der Waals surface area contributed by atoms with Gasteiger partial charge in [0.25, 0.3) is 5.56 Å². The zero-order valence-electron chi connectivity index (χ0n) is 17.5. The van der Waals surface area contributed by atoms with Crippen molar-refractivity contribution in [1.82, 2.24) is 9.55 Å². The Morgan fingerprint density at radius 3 is 2.61 bits per heavy atom. The smallest absolute Gasteiger partial charge is 0.267 e. The van der Waals surface area contributed by atoms with Crippen molar-refractivity contribution in [3.8, 4) is 5.69 Å². The normalized spacial score (nSPS) is 11.4. The number of thiophene rings is 1. The van der Waals surface area contributed by atoms with Gasteiger partial charge in [0.15, 0.2) is 5.16 Å². The van der Waals surface area contributed by atoms with Crippen LogP contribution in [0.25, 0.3) is 15.9 Å². The maximum Gasteiger partial charge on any atom is 0.267 e. The number of hydrogen-bond acceptors (Lipinski definition) is 4. The Kier molecular flexibility index (Phi) is 6.77. The average Bonchev–Trinajstić information content (AvgIpc) is 3.04. The van der Waals surface area contributed by atoms with E-state index in [2.05, 4.69) is 6.92 Å². The van der Waals surface area contributed by atoms with Crippen LogP contribution >= 0.6 is 46.3 Å². The van der Waals surface area contributed by atoms with Crippen LogP contribution in [-0.2, 0) is 12.2 Å². The lowest BCUT2D eigenvalue weighted by molar-refractivity contribution is 0.820. The van der Waals surface area contributed by atoms with E-state index in [9.17, 15) is 4.79 Å². The molecule has 0 unspecified atom stereocenters. The summed E-state index contributed by atoms with van der Waals surface area (Å²) in [5.41, 5.74) is 4.00. The third-order valence-electron chi connectivity index (χ3n) is 5.12. The van der Waals surface area contributed by atoms with Gasteiger partial charge in [0.05, 0.1) is 21.1 Å². The van der Waals surface area contributed by atoms with Gasteiger partial charge in [0.1, 0.15) is 4.83 Å². The molecule has 0 bridgehead atoms. The van der Waals surface area contributed by atoms with Crippen LogP contribution in [0.3, 0.4) is 0 Å². The van der Waals surface area contributed by atoms with Crippen LogP contribution < -0.4 is 5.56 Å². The molecule has 7 heteroatoms. The summed E-state index contributed by atoms with van der Waals surface area (Å²) >= 11 is 15.4. The van der Waals surface area contributed by atoms with Crippen LogP contribution in [0.5, 0.6) is 0 Å². The second-order valence-electron chi connectivity index (χ2n) is 7.49. The first-order chi connectivity index (χ1) is 14.9. The molecule has 0 N–H and O–H groups in total. The highest BCUT2D eigenvalue weighted by Gasteiger charge is 2.19. The predicted octanol–water partition coefficient (Wildman–Crippen LogP) is 7.62. The van der Waals surface area contributed by atoms with Crippen LogP contribution in [0.4, 0.5) is 0 Å². The van der Waals surface area contributed by atoms with Crippen molar-refractivity contribution in [2.24, 2.45) is 0 Å². The molecule has 0 aliphatic carbocycles. The fourth-order valence-electron chi connectivity index (χ4n) is 3.54. The van der Waals surface area contributed by atoms with Crippen molar-refractivity contribution in [1.29, 1.82) is 0 Å². The Hall–Kier alpha value is -1.79. The summed E-state index contributed by atoms with van der Waals surface area (Å²) in [5, 5.41) is 2.47. The van der Waals surface area contributed by atoms with Gasteiger partial charge in [-0.1, -0.05) is 66.5 Å². The first-order valence-electron chi connectivity index (χ1n) is 10.1. The van der Waals surface area contributed by atoms with Gasteiger partial charge in [-0.05, 0) is 61.2 Å². The third kappa shape index (κ3) is 4.56. The number of hydrogen-bond donors (Lipinski definition) is 0. The summed E-state index contributed by atoms with van der Waals surface area (Å²) < 4.78 is 1.74. The summed E-state index contributed by atoms with van der Waals surface area (Å²) in [7, 11) is 0. The molecule has 31 heavy (non-hydrogen) atoms. The third-order valence-corrected chi connectivity index (χ3v) is 8.12. The molecule has 0 spiro atoms. The summed E-state index contributed by atoms with van der Waals surface area (Å²) in [6, 6.07) is 13.6. The number of thioether (sulfide) groups is 1. The molecule has 3 nitrogen and oxygen atoms in total. The van der Waals surface area contributed by atoms with Crippen molar-refractivity contribution >= 4 is 56.5 Å². The SMILES string of the molecule is CCCc1sc2nc(SCc3ccc(Cl)c(Cl)c3)n(-c3cccc(C)c3)c(=O)c2c1C. The maximum atomic E-state index is 13.7. The lowest BCUT2D eigenvalue weighted by Gasteiger charge is -2.13. The Morgan fingerprint density at radius 1 is 1.10 bits per heavy atom. The molecule has 0 atom stereocenters. The number of rotatable bonds is 6. The van der Waals surface area contributed by atoms with Crippen LogP contribution in [0, 0.1) is 13.8 Å². The fraction of sp³-hybridized carbons (Fsp3) is 0.250. The molecule has 2 heterocycles. The van der Waals surface area contributed by atoms with Gasteiger partial charge in [0.2, 0.25) is 0 Å². The zero-order valence-corrected chi connectivity index (χ0v) is 20.7. The largest absolute Gasteiger partial charge is 0.268 e. The summed E-state index contributed by atoms with van der Waals surface area (Å²) in [5.74, 6) is 0.632. The van der Waals surface area contributed by atoms with E-state index < -0.39 is 0 Å². The van der Waals surface area contributed by atoms with E-state index in [0.717, 1.165) is 45.4 Å². The van der Waals surface area contributed by atoms with Crippen molar-refractivity contribution in [3.63, 3.8) is 0 Å². The highest BCUT2D eigenvalue weighted by Crippen LogP contribution is 2.33. The van der Waals surface area contributed by atoms with Gasteiger partial charge in [-0.25, -0.2) is 4.98 Å². The maximum absolute atomic E-state index is 13.7. The number of aromatic nitrogens is 2. The molecule has 0 aliphatic heterocycles. The molecule has 0 saturated heterocycles. The summed E-state index contributed by atoms with van der Waals surface area (Å²) in [6.07, 6.45) is 2.00. The summed E-state index contributed by atoms with van der Waals surface area (Å²) in [6.45, 7) is 6.22. The molecule has 0 aliphatic rings. The van der Waals surface area contributed by atoms with Gasteiger partial charge >= 0.3 is 0 Å². The lowest BCUT2D eigenvalue weighted by atomic mass is 10.1. The minimum absolute atomic E-state index is 0.0108. The van der Waals surface area contributed by atoms with Crippen molar-refractivity contribution in [2.45, 2.75) is 44.5 Å². The molecule has 4 rings (SSSR count). The average molecular weight is 489 g/mol. The second-order valence-corrected chi connectivity index (χ2v) is 10.3. The molecule has 2 aromatic carbocycles. The van der Waals surface area contributed by atoms with E-state index in [1.165, 1.54) is 16.6 Å². The number of fused-ring (bicyclic) bond motifs is 1. The zero-order chi connectivity index (χ0) is 22.1. The van der Waals surface area contributed by atoms with E-state index in [0.29, 0.717) is 21.0 Å². The van der Waals surface area contributed by atoms with Gasteiger partial charge in [-0.15, -0.1) is 11.3 Å². The monoisotopic (exact) mass is 488 g/mol. The van der Waals surface area contributed by atoms with Crippen LogP contribution in [0.1, 0.15) is 34.9 Å². The molecule has 0 amide bonds. The molecular weight excluding hydrogens is 467 g/mol. The van der Waals surface area contributed by atoms with Gasteiger partial charge in [-0.3, -0.25) is 9.36 Å². The van der Waals surface area contributed by atoms with Crippen molar-refractivity contribution < 1.29 is 0 Å². The Bertz CT molecular complexity index is 1330. The molecular formula is C24H22Cl2N2OS2. The number of benzene rings is 2. The summed E-state index contributed by atoms with van der Waals surface area (Å²) in [4.78, 5) is 20.7. The van der Waals surface area contributed by atoms with Gasteiger partial charge < -0.3 is 0 Å². The standard InChI is InChI=1S/C24H22Cl2N2OS2/c1-4-6-20-15(3)21-22(31-20)27-24(30-13-16-9-10-18(25)19(26)12-16)28(23(21)29)17-8-5-7-14(2)11-17/h5,7-12H,4,6,13H2,1-3H3. The highest BCUT2D eigenvalue weighted by molar-refractivity contribution is 7.98. The molecule has 0 radical (unpaired) electrons. The molecule has 0 saturated carbocycles. The first kappa shape index (κ1) is 22.4. The number of halogens is 2. The van der Waals surface area contributed by atoms with Crippen LogP contribution in [-0.4, -0.2) is 9.55 Å². The van der Waals surface area contributed by atoms with E-state index in [1.54, 1.807) is 22.0 Å². The molecule has 160 valence electrons. The number of nitrogens with zero attached hydrogens (tertiary/aromatic N) is 2. The Balaban J connectivity index is 1.86. The van der Waals surface area contributed by atoms with E-state index in [1.807, 2.05) is 50.2 Å². The number of aryl methyl sites for hydroxylation is 3. The lowest BCUT2D eigenvalue weighted by Crippen LogP contribution is -2.21. The van der Waals surface area contributed by atoms with E-state index >= 15 is 0 Å². The first-order valence-corrected chi connectivity index (χ1v) is 12.6. The minimum Gasteiger partial charge on any atom is -0.268 e. The van der Waals surface area contributed by atoms with Crippen LogP contribution in [0.2, 0.25) is 10.0 Å². The van der Waals surface area contributed by atoms with Gasteiger partial charge in [0, 0.05) is 10.6 Å². The van der Waals surface area contributed by atoms with E-state index in [4.69, 9.17) is 28.2 Å². The van der Waals surface area contributed by atoms with Crippen molar-refractivity contribution in [2.75, 3.05) is 0 Å². The van der Waals surface area contributed by atoms with E-state index in [-0.39, 0.29) is 5.56 Å². The fourth-order valence-corrected chi connectivity index (χ4v) is 6.14.